The molecule has 0 radical (unpaired) electrons. The summed E-state index contributed by atoms with van der Waals surface area (Å²) in [5.41, 5.74) is 5.82. The van der Waals surface area contributed by atoms with Gasteiger partial charge in [-0.15, -0.1) is 0 Å². The quantitative estimate of drug-likeness (QED) is 0.831. The largest absolute Gasteiger partial charge is 0.493 e. The molecule has 0 aromatic heterocycles. The molecule has 0 spiro atoms. The number of methoxy groups -OCH3 is 2. The Morgan fingerprint density at radius 2 is 1.61 bits per heavy atom. The number of nitrogen functional groups attached to an aromatic ring is 1. The first-order valence-corrected chi connectivity index (χ1v) is 5.08. The molecule has 0 aliphatic rings. The van der Waals surface area contributed by atoms with E-state index in [1.807, 2.05) is 0 Å². The van der Waals surface area contributed by atoms with Crippen molar-refractivity contribution in [3.63, 3.8) is 0 Å². The molecule has 0 heterocycles. The topological polar surface area (TPSA) is 53.7 Å². The second-order valence-corrected chi connectivity index (χ2v) is 3.46. The fourth-order valence-electron chi connectivity index (χ4n) is 1.28. The normalized spacial score (nSPS) is 11.2. The smallest absolute Gasteiger partial charge is 0.392 e. The molecule has 0 atom stereocenters. The minimum absolute atomic E-state index is 0.136. The van der Waals surface area contributed by atoms with Crippen LogP contribution >= 0.6 is 0 Å². The van der Waals surface area contributed by atoms with Crippen LogP contribution in [0.3, 0.4) is 0 Å². The first-order chi connectivity index (χ1) is 8.37. The van der Waals surface area contributed by atoms with Gasteiger partial charge < -0.3 is 19.9 Å². The third-order valence-corrected chi connectivity index (χ3v) is 2.16. The van der Waals surface area contributed by atoms with Gasteiger partial charge >= 0.3 is 6.18 Å². The maximum atomic E-state index is 12.0. The van der Waals surface area contributed by atoms with Crippen LogP contribution < -0.4 is 19.9 Å². The number of alkyl halides is 3. The van der Waals surface area contributed by atoms with Gasteiger partial charge in [-0.1, -0.05) is 0 Å². The lowest BCUT2D eigenvalue weighted by Crippen LogP contribution is -2.13. The molecule has 7 heteroatoms. The van der Waals surface area contributed by atoms with E-state index in [9.17, 15) is 13.2 Å². The maximum Gasteiger partial charge on any atom is 0.392 e. The van der Waals surface area contributed by atoms with E-state index in [1.165, 1.54) is 26.4 Å². The van der Waals surface area contributed by atoms with Gasteiger partial charge in [-0.05, 0) is 0 Å². The van der Waals surface area contributed by atoms with Crippen molar-refractivity contribution in [1.82, 2.24) is 0 Å². The van der Waals surface area contributed by atoms with Crippen LogP contribution in [0, 0.1) is 0 Å². The Balaban J connectivity index is 2.77. The van der Waals surface area contributed by atoms with Crippen molar-refractivity contribution in [2.24, 2.45) is 0 Å². The van der Waals surface area contributed by atoms with Gasteiger partial charge in [0, 0.05) is 12.1 Å². The van der Waals surface area contributed by atoms with Crippen LogP contribution in [0.15, 0.2) is 12.1 Å². The molecule has 18 heavy (non-hydrogen) atoms. The zero-order valence-electron chi connectivity index (χ0n) is 10.0. The summed E-state index contributed by atoms with van der Waals surface area (Å²) < 4.78 is 50.9. The Kier molecular flexibility index (Phi) is 4.52. The van der Waals surface area contributed by atoms with Gasteiger partial charge in [0.25, 0.3) is 0 Å². The lowest BCUT2D eigenvalue weighted by atomic mass is 10.2. The highest BCUT2D eigenvalue weighted by molar-refractivity contribution is 5.61. The predicted molar refractivity (Wildman–Crippen MR) is 60.1 cm³/mol. The number of anilines is 1. The molecular formula is C11H14F3NO3. The Labute approximate surface area is 102 Å². The number of rotatable bonds is 5. The Morgan fingerprint density at radius 1 is 1.06 bits per heavy atom. The van der Waals surface area contributed by atoms with E-state index in [1.54, 1.807) is 0 Å². The summed E-state index contributed by atoms with van der Waals surface area (Å²) in [6, 6.07) is 2.83. The number of ether oxygens (including phenoxy) is 3. The molecule has 0 aliphatic heterocycles. The number of hydrogen-bond donors (Lipinski definition) is 1. The van der Waals surface area contributed by atoms with E-state index in [-0.39, 0.29) is 11.4 Å². The van der Waals surface area contributed by atoms with Gasteiger partial charge in [0.15, 0.2) is 11.5 Å². The van der Waals surface area contributed by atoms with E-state index >= 15 is 0 Å². The molecule has 0 aliphatic carbocycles. The molecule has 0 saturated heterocycles. The average Bonchev–Trinajstić information content (AvgIpc) is 2.29. The lowest BCUT2D eigenvalue weighted by molar-refractivity contribution is -0.139. The minimum Gasteiger partial charge on any atom is -0.493 e. The summed E-state index contributed by atoms with van der Waals surface area (Å²) in [4.78, 5) is 0. The molecule has 102 valence electrons. The molecule has 2 N–H and O–H groups in total. The van der Waals surface area contributed by atoms with Gasteiger partial charge in [0.1, 0.15) is 5.75 Å². The Hall–Kier alpha value is -1.79. The molecule has 1 aromatic carbocycles. The molecule has 0 bridgehead atoms. The first-order valence-electron chi connectivity index (χ1n) is 5.08. The lowest BCUT2D eigenvalue weighted by Gasteiger charge is -2.14. The minimum atomic E-state index is -4.26. The number of halogens is 3. The highest BCUT2D eigenvalue weighted by Gasteiger charge is 2.27. The van der Waals surface area contributed by atoms with E-state index in [0.717, 1.165) is 0 Å². The number of nitrogens with two attached hydrogens (primary N) is 1. The molecule has 0 unspecified atom stereocenters. The molecule has 0 fully saturated rings. The summed E-state index contributed by atoms with van der Waals surface area (Å²) >= 11 is 0. The van der Waals surface area contributed by atoms with Crippen molar-refractivity contribution in [3.8, 4) is 17.2 Å². The third-order valence-electron chi connectivity index (χ3n) is 2.16. The number of hydrogen-bond acceptors (Lipinski definition) is 4. The average molecular weight is 265 g/mol. The first kappa shape index (κ1) is 14.3. The van der Waals surface area contributed by atoms with Crippen molar-refractivity contribution >= 4 is 5.69 Å². The fourth-order valence-corrected chi connectivity index (χ4v) is 1.28. The van der Waals surface area contributed by atoms with Gasteiger partial charge in [-0.3, -0.25) is 0 Å². The molecule has 0 saturated carbocycles. The van der Waals surface area contributed by atoms with E-state index in [2.05, 4.69) is 0 Å². The van der Waals surface area contributed by atoms with Crippen LogP contribution in [0.25, 0.3) is 0 Å². The van der Waals surface area contributed by atoms with Crippen LogP contribution in [0.5, 0.6) is 17.2 Å². The van der Waals surface area contributed by atoms with Gasteiger partial charge in [-0.2, -0.15) is 13.2 Å². The standard InChI is InChI=1S/C11H14F3NO3/c1-16-9-5-7(15)8(6-10(9)17-2)18-4-3-11(12,13)14/h5-6H,3-4,15H2,1-2H3. The zero-order valence-corrected chi connectivity index (χ0v) is 10.0. The Bertz CT molecular complexity index is 407. The second-order valence-electron chi connectivity index (χ2n) is 3.46. The monoisotopic (exact) mass is 265 g/mol. The summed E-state index contributed by atoms with van der Waals surface area (Å²) in [6.45, 7) is -0.497. The summed E-state index contributed by atoms with van der Waals surface area (Å²) in [5, 5.41) is 0. The molecule has 0 amide bonds. The molecule has 1 aromatic rings. The highest BCUT2D eigenvalue weighted by atomic mass is 19.4. The molecular weight excluding hydrogens is 251 g/mol. The van der Waals surface area contributed by atoms with Crippen LogP contribution in [0.2, 0.25) is 0 Å². The fraction of sp³-hybridized carbons (Fsp3) is 0.455. The van der Waals surface area contributed by atoms with Crippen molar-refractivity contribution in [2.75, 3.05) is 26.6 Å². The SMILES string of the molecule is COc1cc(N)c(OCCC(F)(F)F)cc1OC. The van der Waals surface area contributed by atoms with Crippen molar-refractivity contribution in [2.45, 2.75) is 12.6 Å². The summed E-state index contributed by atoms with van der Waals surface area (Å²) in [6.07, 6.45) is -5.30. The van der Waals surface area contributed by atoms with Crippen molar-refractivity contribution in [1.29, 1.82) is 0 Å². The highest BCUT2D eigenvalue weighted by Crippen LogP contribution is 2.36. The van der Waals surface area contributed by atoms with Gasteiger partial charge in [0.05, 0.1) is 32.9 Å². The second kappa shape index (κ2) is 5.70. The maximum absolute atomic E-state index is 12.0. The molecule has 1 rings (SSSR count). The van der Waals surface area contributed by atoms with Crippen LogP contribution in [-0.4, -0.2) is 27.0 Å². The predicted octanol–water partition coefficient (Wildman–Crippen LogP) is 2.62. The van der Waals surface area contributed by atoms with E-state index in [0.29, 0.717) is 11.5 Å². The van der Waals surface area contributed by atoms with E-state index in [4.69, 9.17) is 19.9 Å². The number of benzene rings is 1. The van der Waals surface area contributed by atoms with Gasteiger partial charge in [-0.25, -0.2) is 0 Å². The van der Waals surface area contributed by atoms with Crippen LogP contribution in [0.4, 0.5) is 18.9 Å². The summed E-state index contributed by atoms with van der Waals surface area (Å²) in [7, 11) is 2.84. The zero-order chi connectivity index (χ0) is 13.8. The van der Waals surface area contributed by atoms with Crippen molar-refractivity contribution < 1.29 is 27.4 Å². The van der Waals surface area contributed by atoms with Gasteiger partial charge in [0.2, 0.25) is 0 Å². The van der Waals surface area contributed by atoms with Crippen molar-refractivity contribution in [3.05, 3.63) is 12.1 Å². The van der Waals surface area contributed by atoms with E-state index < -0.39 is 19.2 Å². The van der Waals surface area contributed by atoms with Crippen LogP contribution in [-0.2, 0) is 0 Å². The van der Waals surface area contributed by atoms with Crippen LogP contribution in [0.1, 0.15) is 6.42 Å². The summed E-state index contributed by atoms with van der Waals surface area (Å²) in [5.74, 6) is 0.865. The Morgan fingerprint density at radius 3 is 2.11 bits per heavy atom. The third kappa shape index (κ3) is 3.90. The molecule has 4 nitrogen and oxygen atoms in total.